The van der Waals surface area contributed by atoms with Gasteiger partial charge < -0.3 is 20.4 Å². The Labute approximate surface area is 220 Å². The van der Waals surface area contributed by atoms with Crippen molar-refractivity contribution in [2.75, 3.05) is 57.3 Å². The van der Waals surface area contributed by atoms with Crippen LogP contribution in [0.2, 0.25) is 0 Å². The molecule has 1 aromatic carbocycles. The number of allylic oxidation sites excluding steroid dienone is 2. The van der Waals surface area contributed by atoms with Crippen LogP contribution in [0, 0.1) is 10.1 Å². The van der Waals surface area contributed by atoms with Gasteiger partial charge in [0.25, 0.3) is 5.70 Å². The van der Waals surface area contributed by atoms with Crippen LogP contribution in [0.15, 0.2) is 47.4 Å². The first kappa shape index (κ1) is 27.0. The molecule has 0 bridgehead atoms. The summed E-state index contributed by atoms with van der Waals surface area (Å²) >= 11 is 0. The molecule has 37 heavy (non-hydrogen) atoms. The Hall–Kier alpha value is -3.07. The second-order valence-corrected chi connectivity index (χ2v) is 11.5. The Kier molecular flexibility index (Phi) is 8.42. The topological polar surface area (TPSA) is 94.0 Å². The number of anilines is 1. The molecule has 9 nitrogen and oxygen atoms in total. The fourth-order valence-electron chi connectivity index (χ4n) is 5.28. The molecule has 4 rings (SSSR count). The lowest BCUT2D eigenvalue weighted by Gasteiger charge is -2.37. The average Bonchev–Trinajstić information content (AvgIpc) is 2.87. The highest BCUT2D eigenvalue weighted by Gasteiger charge is 2.26. The van der Waals surface area contributed by atoms with E-state index in [-0.39, 0.29) is 34.5 Å². The second kappa shape index (κ2) is 11.5. The van der Waals surface area contributed by atoms with E-state index in [0.717, 1.165) is 64.5 Å². The van der Waals surface area contributed by atoms with Gasteiger partial charge in [-0.05, 0) is 49.0 Å². The van der Waals surface area contributed by atoms with Gasteiger partial charge in [0, 0.05) is 69.5 Å². The van der Waals surface area contributed by atoms with Crippen LogP contribution in [0.1, 0.15) is 52.5 Å². The standard InChI is InChI=1S/C28H42N6O3/c1-21-19-26(29-20-25(21)34(36)37)30-23-9-13-33(14-10-23)27(35)11-12-31-15-17-32(18-16-31)24-7-5-22(6-8-24)28(2,3)4/h5-8,19,23,29-30H,9-18,20H2,1-4H3. The summed E-state index contributed by atoms with van der Waals surface area (Å²) in [5, 5.41) is 17.6. The minimum absolute atomic E-state index is 0.168. The molecule has 0 atom stereocenters. The maximum Gasteiger partial charge on any atom is 0.268 e. The molecule has 0 aromatic heterocycles. The van der Waals surface area contributed by atoms with Crippen molar-refractivity contribution < 1.29 is 9.72 Å². The first-order valence-electron chi connectivity index (χ1n) is 13.5. The Bertz CT molecular complexity index is 1030. The number of dihydropyridines is 1. The van der Waals surface area contributed by atoms with Crippen LogP contribution in [0.5, 0.6) is 0 Å². The van der Waals surface area contributed by atoms with Crippen molar-refractivity contribution in [2.24, 2.45) is 0 Å². The van der Waals surface area contributed by atoms with Gasteiger partial charge in [0.2, 0.25) is 5.91 Å². The van der Waals surface area contributed by atoms with Crippen LogP contribution in [-0.4, -0.2) is 79.0 Å². The summed E-state index contributed by atoms with van der Waals surface area (Å²) in [6, 6.07) is 9.22. The van der Waals surface area contributed by atoms with Gasteiger partial charge in [-0.1, -0.05) is 32.9 Å². The number of piperidine rings is 1. The van der Waals surface area contributed by atoms with Crippen LogP contribution in [0.25, 0.3) is 0 Å². The summed E-state index contributed by atoms with van der Waals surface area (Å²) < 4.78 is 0. The smallest absolute Gasteiger partial charge is 0.268 e. The summed E-state index contributed by atoms with van der Waals surface area (Å²) in [5.41, 5.74) is 3.69. The van der Waals surface area contributed by atoms with Crippen molar-refractivity contribution in [1.29, 1.82) is 0 Å². The highest BCUT2D eigenvalue weighted by atomic mass is 16.6. The predicted octanol–water partition coefficient (Wildman–Crippen LogP) is 3.07. The van der Waals surface area contributed by atoms with E-state index in [4.69, 9.17) is 0 Å². The predicted molar refractivity (Wildman–Crippen MR) is 147 cm³/mol. The van der Waals surface area contributed by atoms with Crippen LogP contribution in [0.3, 0.4) is 0 Å². The minimum atomic E-state index is -0.328. The number of hydrogen-bond acceptors (Lipinski definition) is 7. The quantitative estimate of drug-likeness (QED) is 0.430. The molecule has 202 valence electrons. The Morgan fingerprint density at radius 2 is 1.73 bits per heavy atom. The monoisotopic (exact) mass is 510 g/mol. The molecule has 2 saturated heterocycles. The number of piperazine rings is 1. The molecule has 0 spiro atoms. The number of amides is 1. The van der Waals surface area contributed by atoms with Crippen LogP contribution in [-0.2, 0) is 10.2 Å². The minimum Gasteiger partial charge on any atom is -0.369 e. The van der Waals surface area contributed by atoms with E-state index in [9.17, 15) is 14.9 Å². The number of rotatable bonds is 7. The van der Waals surface area contributed by atoms with Gasteiger partial charge in [-0.3, -0.25) is 19.8 Å². The van der Waals surface area contributed by atoms with Crippen molar-refractivity contribution in [1.82, 2.24) is 20.4 Å². The lowest BCUT2D eigenvalue weighted by atomic mass is 9.87. The Morgan fingerprint density at radius 1 is 1.08 bits per heavy atom. The zero-order valence-electron chi connectivity index (χ0n) is 22.8. The van der Waals surface area contributed by atoms with Crippen LogP contribution < -0.4 is 15.5 Å². The number of nitro groups is 1. The van der Waals surface area contributed by atoms with Crippen LogP contribution >= 0.6 is 0 Å². The largest absolute Gasteiger partial charge is 0.369 e. The van der Waals surface area contributed by atoms with Crippen molar-refractivity contribution in [3.8, 4) is 0 Å². The van der Waals surface area contributed by atoms with Crippen LogP contribution in [0.4, 0.5) is 5.69 Å². The SMILES string of the molecule is CC1=C([N+](=O)[O-])CNC(NC2CCN(C(=O)CCN3CCN(c4ccc(C(C)(C)C)cc4)CC3)CC2)=C1. The number of carbonyl (C=O) groups is 1. The number of benzene rings is 1. The van der Waals surface area contributed by atoms with Crippen molar-refractivity contribution in [3.63, 3.8) is 0 Å². The summed E-state index contributed by atoms with van der Waals surface area (Å²) in [7, 11) is 0. The van der Waals surface area contributed by atoms with E-state index >= 15 is 0 Å². The average molecular weight is 511 g/mol. The molecule has 3 aliphatic rings. The van der Waals surface area contributed by atoms with Gasteiger partial charge in [0.15, 0.2) is 0 Å². The van der Waals surface area contributed by atoms with Gasteiger partial charge in [0.05, 0.1) is 10.7 Å². The highest BCUT2D eigenvalue weighted by molar-refractivity contribution is 5.76. The molecule has 1 amide bonds. The molecule has 0 unspecified atom stereocenters. The van der Waals surface area contributed by atoms with Crippen molar-refractivity contribution in [2.45, 2.75) is 58.4 Å². The number of hydrogen-bond donors (Lipinski definition) is 2. The fraction of sp³-hybridized carbons (Fsp3) is 0.607. The van der Waals surface area contributed by atoms with E-state index in [1.165, 1.54) is 11.3 Å². The van der Waals surface area contributed by atoms with Gasteiger partial charge in [0.1, 0.15) is 6.54 Å². The normalized spacial score (nSPS) is 19.9. The Morgan fingerprint density at radius 3 is 2.30 bits per heavy atom. The summed E-state index contributed by atoms with van der Waals surface area (Å²) in [4.78, 5) is 30.4. The molecule has 0 radical (unpaired) electrons. The zero-order valence-corrected chi connectivity index (χ0v) is 22.8. The summed E-state index contributed by atoms with van der Waals surface area (Å²) in [5.74, 6) is 1.07. The molecule has 3 heterocycles. The fourth-order valence-corrected chi connectivity index (χ4v) is 5.28. The van der Waals surface area contributed by atoms with Gasteiger partial charge in [-0.2, -0.15) is 0 Å². The molecule has 9 heteroatoms. The molecule has 3 aliphatic heterocycles. The molecule has 0 aliphatic carbocycles. The highest BCUT2D eigenvalue weighted by Crippen LogP contribution is 2.25. The third kappa shape index (κ3) is 7.03. The molecular formula is C28H42N6O3. The van der Waals surface area contributed by atoms with Gasteiger partial charge in [-0.25, -0.2) is 0 Å². The first-order chi connectivity index (χ1) is 17.6. The third-order valence-corrected chi connectivity index (χ3v) is 7.80. The molecular weight excluding hydrogens is 468 g/mol. The zero-order chi connectivity index (χ0) is 26.6. The van der Waals surface area contributed by atoms with Crippen molar-refractivity contribution >= 4 is 11.6 Å². The number of carbonyl (C=O) groups excluding carboxylic acids is 1. The lowest BCUT2D eigenvalue weighted by molar-refractivity contribution is -0.427. The summed E-state index contributed by atoms with van der Waals surface area (Å²) in [6.07, 6.45) is 4.13. The van der Waals surface area contributed by atoms with E-state index in [0.29, 0.717) is 12.0 Å². The van der Waals surface area contributed by atoms with E-state index in [1.54, 1.807) is 13.0 Å². The maximum absolute atomic E-state index is 12.9. The van der Waals surface area contributed by atoms with E-state index in [2.05, 4.69) is 65.5 Å². The van der Waals surface area contributed by atoms with Gasteiger partial charge >= 0.3 is 0 Å². The third-order valence-electron chi connectivity index (χ3n) is 7.80. The lowest BCUT2D eigenvalue weighted by Crippen LogP contribution is -2.49. The van der Waals surface area contributed by atoms with E-state index < -0.39 is 0 Å². The molecule has 0 saturated carbocycles. The molecule has 1 aromatic rings. The molecule has 2 N–H and O–H groups in total. The number of nitrogens with zero attached hydrogens (tertiary/aromatic N) is 4. The second-order valence-electron chi connectivity index (χ2n) is 11.5. The number of likely N-dealkylation sites (tertiary alicyclic amines) is 1. The maximum atomic E-state index is 12.9. The number of nitrogens with one attached hydrogen (secondary N) is 2. The Balaban J connectivity index is 1.15. The summed E-state index contributed by atoms with van der Waals surface area (Å²) in [6.45, 7) is 15.0. The van der Waals surface area contributed by atoms with Crippen molar-refractivity contribution in [3.05, 3.63) is 63.1 Å². The van der Waals surface area contributed by atoms with Gasteiger partial charge in [-0.15, -0.1) is 0 Å². The molecule has 2 fully saturated rings. The van der Waals surface area contributed by atoms with E-state index in [1.807, 2.05) is 4.90 Å². The first-order valence-corrected chi connectivity index (χ1v) is 13.5.